The molecule has 4 atom stereocenters. The van der Waals surface area contributed by atoms with Gasteiger partial charge in [-0.25, -0.2) is 0 Å². The van der Waals surface area contributed by atoms with Crippen molar-refractivity contribution in [2.45, 2.75) is 59.0 Å². The number of thiophene rings is 1. The first-order valence-electron chi connectivity index (χ1n) is 13.8. The summed E-state index contributed by atoms with van der Waals surface area (Å²) in [6.07, 6.45) is 4.03. The molecule has 2 amide bonds. The van der Waals surface area contributed by atoms with Crippen LogP contribution in [-0.2, 0) is 20.8 Å². The number of amides is 2. The zero-order valence-electron chi connectivity index (χ0n) is 23.2. The number of halogens is 1. The third-order valence-corrected chi connectivity index (χ3v) is 10.1. The topological polar surface area (TPSA) is 96.3 Å². The van der Waals surface area contributed by atoms with Crippen molar-refractivity contribution < 1.29 is 29.1 Å². The van der Waals surface area contributed by atoms with Gasteiger partial charge in [-0.2, -0.15) is 0 Å². The van der Waals surface area contributed by atoms with Crippen molar-refractivity contribution in [1.82, 2.24) is 4.90 Å². The molecular formula is C30H35BINO6S. The number of likely N-dealkylation sites (tertiary alicyclic amines) is 1. The third kappa shape index (κ3) is 5.64. The second kappa shape index (κ2) is 12.0. The van der Waals surface area contributed by atoms with Crippen LogP contribution in [0.4, 0.5) is 0 Å². The molecule has 0 unspecified atom stereocenters. The molecule has 1 aromatic carbocycles. The predicted octanol–water partition coefficient (Wildman–Crippen LogP) is 5.90. The van der Waals surface area contributed by atoms with Gasteiger partial charge in [0.15, 0.2) is 11.5 Å². The van der Waals surface area contributed by atoms with Crippen LogP contribution in [0.1, 0.15) is 50.5 Å². The summed E-state index contributed by atoms with van der Waals surface area (Å²) in [7, 11) is 0.555. The van der Waals surface area contributed by atoms with Gasteiger partial charge in [-0.1, -0.05) is 37.1 Å². The number of carbonyl (C=O) groups excluding carboxylic acids is 2. The Bertz CT molecular complexity index is 1360. The molecule has 212 valence electrons. The van der Waals surface area contributed by atoms with Crippen molar-refractivity contribution in [2.75, 3.05) is 7.11 Å². The highest BCUT2D eigenvalue weighted by Gasteiger charge is 2.57. The molecule has 2 fully saturated rings. The lowest BCUT2D eigenvalue weighted by Crippen LogP contribution is -2.46. The molecule has 2 aliphatic heterocycles. The molecule has 2 N–H and O–H groups in total. The quantitative estimate of drug-likeness (QED) is 0.157. The Morgan fingerprint density at radius 1 is 1.30 bits per heavy atom. The molecule has 40 heavy (non-hydrogen) atoms. The second-order valence-corrected chi connectivity index (χ2v) is 13.5. The summed E-state index contributed by atoms with van der Waals surface area (Å²) in [5.41, 5.74) is 4.37. The van der Waals surface area contributed by atoms with E-state index in [1.54, 1.807) is 11.3 Å². The molecule has 3 aliphatic rings. The number of rotatable bonds is 8. The Morgan fingerprint density at radius 2 is 2.08 bits per heavy atom. The van der Waals surface area contributed by atoms with Crippen molar-refractivity contribution in [3.05, 3.63) is 60.4 Å². The monoisotopic (exact) mass is 675 g/mol. The van der Waals surface area contributed by atoms with Crippen molar-refractivity contribution in [2.24, 2.45) is 23.7 Å². The van der Waals surface area contributed by atoms with Gasteiger partial charge >= 0.3 is 7.12 Å². The first-order chi connectivity index (χ1) is 19.1. The molecular weight excluding hydrogens is 640 g/mol. The molecule has 0 spiro atoms. The summed E-state index contributed by atoms with van der Waals surface area (Å²) in [6, 6.07) is 7.60. The normalized spacial score (nSPS) is 25.1. The lowest BCUT2D eigenvalue weighted by Gasteiger charge is -2.44. The first-order valence-corrected chi connectivity index (χ1v) is 15.7. The SMILES string of the molecule is COc1cc(/C=C(\C)CC[C@H]2OB(O)C[C@H]3C2=C(C(C)C)C[C@H]2C(=O)N(Cc4cccs4)C(=O)[C@H]23)cc(I)c1O. The number of allylic oxidation sites excluding steroid dienone is 2. The smallest absolute Gasteiger partial charge is 0.455 e. The number of aromatic hydroxyl groups is 1. The van der Waals surface area contributed by atoms with Gasteiger partial charge in [0.25, 0.3) is 0 Å². The lowest BCUT2D eigenvalue weighted by molar-refractivity contribution is -0.140. The Balaban J connectivity index is 1.40. The zero-order chi connectivity index (χ0) is 28.7. The highest BCUT2D eigenvalue weighted by molar-refractivity contribution is 14.1. The van der Waals surface area contributed by atoms with Gasteiger partial charge in [0.1, 0.15) is 0 Å². The van der Waals surface area contributed by atoms with E-state index in [0.717, 1.165) is 28.0 Å². The summed E-state index contributed by atoms with van der Waals surface area (Å²) >= 11 is 3.64. The molecule has 2 aromatic rings. The van der Waals surface area contributed by atoms with Crippen LogP contribution in [0.5, 0.6) is 11.5 Å². The highest BCUT2D eigenvalue weighted by Crippen LogP contribution is 2.52. The summed E-state index contributed by atoms with van der Waals surface area (Å²) in [5, 5.41) is 22.9. The molecule has 2 saturated heterocycles. The number of fused-ring (bicyclic) bond motifs is 3. The van der Waals surface area contributed by atoms with E-state index in [2.05, 4.69) is 49.4 Å². The van der Waals surface area contributed by atoms with E-state index in [-0.39, 0.29) is 41.4 Å². The van der Waals surface area contributed by atoms with Crippen LogP contribution in [0, 0.1) is 27.2 Å². The number of hydrogen-bond donors (Lipinski definition) is 2. The predicted molar refractivity (Wildman–Crippen MR) is 165 cm³/mol. The third-order valence-electron chi connectivity index (χ3n) is 8.41. The van der Waals surface area contributed by atoms with Gasteiger partial charge in [-0.15, -0.1) is 11.3 Å². The van der Waals surface area contributed by atoms with Crippen LogP contribution >= 0.6 is 33.9 Å². The fourth-order valence-corrected chi connectivity index (χ4v) is 7.90. The van der Waals surface area contributed by atoms with Gasteiger partial charge in [-0.05, 0) is 102 Å². The largest absolute Gasteiger partial charge is 0.504 e. The Hall–Kier alpha value is -2.15. The maximum absolute atomic E-state index is 13.7. The zero-order valence-corrected chi connectivity index (χ0v) is 26.2. The minimum atomic E-state index is -0.979. The number of ether oxygens (including phenoxy) is 1. The molecule has 5 rings (SSSR count). The van der Waals surface area contributed by atoms with Crippen molar-refractivity contribution in [3.63, 3.8) is 0 Å². The number of benzene rings is 1. The highest BCUT2D eigenvalue weighted by atomic mass is 127. The van der Waals surface area contributed by atoms with Crippen LogP contribution in [-0.4, -0.2) is 47.2 Å². The van der Waals surface area contributed by atoms with E-state index in [4.69, 9.17) is 9.39 Å². The van der Waals surface area contributed by atoms with Crippen LogP contribution < -0.4 is 4.74 Å². The van der Waals surface area contributed by atoms with Crippen molar-refractivity contribution in [1.29, 1.82) is 0 Å². The minimum Gasteiger partial charge on any atom is -0.504 e. The fraction of sp³-hybridized carbons (Fsp3) is 0.467. The molecule has 0 saturated carbocycles. The van der Waals surface area contributed by atoms with E-state index in [9.17, 15) is 19.7 Å². The summed E-state index contributed by atoms with van der Waals surface area (Å²) in [4.78, 5) is 29.7. The van der Waals surface area contributed by atoms with Crippen LogP contribution in [0.3, 0.4) is 0 Å². The number of carbonyl (C=O) groups is 2. The standard InChI is InChI=1S/C30H35BINO6S/c1-16(2)20-13-21-27(30(36)33(29(21)35)15-19-6-5-9-40-19)22-14-31(37)39-24(26(20)22)8-7-17(3)10-18-11-23(32)28(34)25(12-18)38-4/h5-6,9-12,16,21-22,24,27,34,37H,7-8,13-15H2,1-4H3/b17-10+/t21-,22+,24-,27-/m1/s1. The number of hydrogen-bond acceptors (Lipinski definition) is 7. The van der Waals surface area contributed by atoms with E-state index in [1.807, 2.05) is 29.6 Å². The maximum Gasteiger partial charge on any atom is 0.455 e. The van der Waals surface area contributed by atoms with E-state index < -0.39 is 13.0 Å². The number of imide groups is 1. The van der Waals surface area contributed by atoms with Gasteiger partial charge in [0.05, 0.1) is 35.2 Å². The van der Waals surface area contributed by atoms with E-state index in [1.165, 1.54) is 17.6 Å². The summed E-state index contributed by atoms with van der Waals surface area (Å²) in [6.45, 7) is 6.64. The van der Waals surface area contributed by atoms with Gasteiger partial charge < -0.3 is 19.5 Å². The lowest BCUT2D eigenvalue weighted by atomic mass is 9.57. The number of phenols is 1. The van der Waals surface area contributed by atoms with Crippen LogP contribution in [0.25, 0.3) is 6.08 Å². The van der Waals surface area contributed by atoms with Gasteiger partial charge in [-0.3, -0.25) is 14.5 Å². The minimum absolute atomic E-state index is 0.0872. The average molecular weight is 675 g/mol. The average Bonchev–Trinajstić information content (AvgIpc) is 3.51. The molecule has 0 radical (unpaired) electrons. The summed E-state index contributed by atoms with van der Waals surface area (Å²) < 4.78 is 12.2. The number of methoxy groups -OCH3 is 1. The molecule has 1 aliphatic carbocycles. The van der Waals surface area contributed by atoms with Crippen LogP contribution in [0.15, 0.2) is 46.4 Å². The van der Waals surface area contributed by atoms with E-state index >= 15 is 0 Å². The Morgan fingerprint density at radius 3 is 2.75 bits per heavy atom. The van der Waals surface area contributed by atoms with Gasteiger partial charge in [0.2, 0.25) is 11.8 Å². The summed E-state index contributed by atoms with van der Waals surface area (Å²) in [5.74, 6) is -0.470. The molecule has 3 heterocycles. The Labute approximate surface area is 253 Å². The van der Waals surface area contributed by atoms with E-state index in [0.29, 0.717) is 35.0 Å². The van der Waals surface area contributed by atoms with Crippen molar-refractivity contribution >= 4 is 58.9 Å². The molecule has 0 bridgehead atoms. The maximum atomic E-state index is 13.7. The second-order valence-electron chi connectivity index (χ2n) is 11.3. The number of nitrogens with zero attached hydrogens (tertiary/aromatic N) is 1. The molecule has 10 heteroatoms. The van der Waals surface area contributed by atoms with Gasteiger partial charge in [0, 0.05) is 4.88 Å². The first kappa shape index (κ1) is 29.4. The molecule has 7 nitrogen and oxygen atoms in total. The fourth-order valence-electron chi connectivity index (χ4n) is 6.58. The molecule has 1 aromatic heterocycles. The van der Waals surface area contributed by atoms with Crippen molar-refractivity contribution in [3.8, 4) is 11.5 Å². The van der Waals surface area contributed by atoms with Crippen LogP contribution in [0.2, 0.25) is 6.32 Å². The number of phenolic OH excluding ortho intramolecular Hbond substituents is 1. The Kier molecular flexibility index (Phi) is 8.80.